The number of fused-ring (bicyclic) bond motifs is 3. The number of aryl methyl sites for hydroxylation is 1. The van der Waals surface area contributed by atoms with Gasteiger partial charge >= 0.3 is 11.7 Å². The summed E-state index contributed by atoms with van der Waals surface area (Å²) in [6.45, 7) is 4.89. The Labute approximate surface area is 167 Å². The second-order valence-corrected chi connectivity index (χ2v) is 9.24. The Morgan fingerprint density at radius 1 is 1.14 bits per heavy atom. The van der Waals surface area contributed by atoms with Crippen LogP contribution in [0.3, 0.4) is 0 Å². The predicted molar refractivity (Wildman–Crippen MR) is 109 cm³/mol. The molecule has 0 unspecified atom stereocenters. The van der Waals surface area contributed by atoms with Crippen LogP contribution in [0.5, 0.6) is 0 Å². The number of carbonyl (C=O) groups is 1. The fourth-order valence-electron chi connectivity index (χ4n) is 4.50. The molecule has 2 aliphatic rings. The van der Waals surface area contributed by atoms with Crippen molar-refractivity contribution in [3.8, 4) is 0 Å². The third kappa shape index (κ3) is 3.55. The van der Waals surface area contributed by atoms with Gasteiger partial charge in [-0.3, -0.25) is 14.2 Å². The minimum Gasteiger partial charge on any atom is -0.480 e. The van der Waals surface area contributed by atoms with E-state index in [1.165, 1.54) is 24.1 Å². The number of likely N-dealkylation sites (tertiary alicyclic amines) is 1. The quantitative estimate of drug-likeness (QED) is 0.822. The van der Waals surface area contributed by atoms with E-state index in [9.17, 15) is 19.5 Å². The third-order valence-electron chi connectivity index (χ3n) is 6.04. The Hall–Kier alpha value is -1.93. The van der Waals surface area contributed by atoms with Crippen LogP contribution in [0.1, 0.15) is 43.0 Å². The summed E-state index contributed by atoms with van der Waals surface area (Å²) in [5, 5.41) is 9.81. The van der Waals surface area contributed by atoms with Crippen LogP contribution in [-0.4, -0.2) is 44.7 Å². The van der Waals surface area contributed by atoms with Crippen LogP contribution in [0.2, 0.25) is 0 Å². The Bertz CT molecular complexity index is 1010. The summed E-state index contributed by atoms with van der Waals surface area (Å²) < 4.78 is 2.56. The number of aromatic nitrogens is 2. The van der Waals surface area contributed by atoms with Crippen molar-refractivity contribution in [1.29, 1.82) is 0 Å². The highest BCUT2D eigenvalue weighted by atomic mass is 32.1. The first kappa shape index (κ1) is 19.4. The van der Waals surface area contributed by atoms with Gasteiger partial charge in [-0.15, -0.1) is 11.3 Å². The van der Waals surface area contributed by atoms with Crippen molar-refractivity contribution in [2.45, 2.75) is 58.5 Å². The summed E-state index contributed by atoms with van der Waals surface area (Å²) in [5.74, 6) is -0.676. The second-order valence-electron chi connectivity index (χ2n) is 8.15. The van der Waals surface area contributed by atoms with Crippen molar-refractivity contribution < 1.29 is 9.90 Å². The molecule has 1 fully saturated rings. The maximum atomic E-state index is 13.1. The zero-order valence-corrected chi connectivity index (χ0v) is 17.1. The Balaban J connectivity index is 1.83. The van der Waals surface area contributed by atoms with Gasteiger partial charge in [0, 0.05) is 18.0 Å². The lowest BCUT2D eigenvalue weighted by Crippen LogP contribution is -2.43. The van der Waals surface area contributed by atoms with Crippen molar-refractivity contribution in [3.05, 3.63) is 31.3 Å². The molecule has 1 N–H and O–H groups in total. The first-order valence-electron chi connectivity index (χ1n) is 10.2. The number of piperidine rings is 1. The van der Waals surface area contributed by atoms with Crippen LogP contribution >= 0.6 is 11.3 Å². The van der Waals surface area contributed by atoms with Crippen LogP contribution in [0, 0.1) is 5.92 Å². The van der Waals surface area contributed by atoms with Gasteiger partial charge in [-0.05, 0) is 56.7 Å². The average molecular weight is 406 g/mol. The molecule has 4 rings (SSSR count). The minimum absolute atomic E-state index is 0.441. The summed E-state index contributed by atoms with van der Waals surface area (Å²) in [7, 11) is 0. The largest absolute Gasteiger partial charge is 0.480 e. The van der Waals surface area contributed by atoms with Gasteiger partial charge < -0.3 is 10.0 Å². The van der Waals surface area contributed by atoms with Gasteiger partial charge in [-0.25, -0.2) is 9.36 Å². The Morgan fingerprint density at radius 3 is 2.61 bits per heavy atom. The summed E-state index contributed by atoms with van der Waals surface area (Å²) in [4.78, 5) is 41.7. The molecule has 0 radical (unpaired) electrons. The summed E-state index contributed by atoms with van der Waals surface area (Å²) >= 11 is 1.55. The summed E-state index contributed by atoms with van der Waals surface area (Å²) in [5.41, 5.74) is 0.0985. The van der Waals surface area contributed by atoms with Crippen molar-refractivity contribution in [1.82, 2.24) is 14.0 Å². The van der Waals surface area contributed by atoms with Crippen LogP contribution < -0.4 is 11.2 Å². The number of rotatable bonds is 5. The Kier molecular flexibility index (Phi) is 5.42. The van der Waals surface area contributed by atoms with Crippen molar-refractivity contribution in [3.63, 3.8) is 0 Å². The van der Waals surface area contributed by atoms with Crippen LogP contribution in [0.25, 0.3) is 10.2 Å². The molecule has 1 saturated heterocycles. The van der Waals surface area contributed by atoms with Gasteiger partial charge in [0.2, 0.25) is 0 Å². The van der Waals surface area contributed by atoms with E-state index in [0.29, 0.717) is 17.8 Å². The van der Waals surface area contributed by atoms with E-state index in [1.54, 1.807) is 15.9 Å². The Morgan fingerprint density at radius 2 is 1.89 bits per heavy atom. The number of carboxylic acid groups (broad SMARTS) is 1. The molecule has 152 valence electrons. The first-order chi connectivity index (χ1) is 13.5. The SMILES string of the molecule is C[C@@H]1CCc2sc3c(c2C1)c(=O)n(CC(=O)O)c(=O)n3CCN1CCCCC1. The minimum atomic E-state index is -1.17. The molecule has 1 aliphatic heterocycles. The zero-order chi connectivity index (χ0) is 19.8. The second kappa shape index (κ2) is 7.83. The van der Waals surface area contributed by atoms with Crippen molar-refractivity contribution >= 4 is 27.5 Å². The number of aliphatic carboxylic acids is 1. The maximum Gasteiger partial charge on any atom is 0.332 e. The molecule has 0 aromatic carbocycles. The van der Waals surface area contributed by atoms with Gasteiger partial charge in [-0.2, -0.15) is 0 Å². The normalized spacial score (nSPS) is 20.4. The highest BCUT2D eigenvalue weighted by molar-refractivity contribution is 7.18. The highest BCUT2D eigenvalue weighted by Crippen LogP contribution is 2.36. The van der Waals surface area contributed by atoms with Crippen LogP contribution in [0.4, 0.5) is 0 Å². The van der Waals surface area contributed by atoms with Gasteiger partial charge in [0.05, 0.1) is 5.39 Å². The van der Waals surface area contributed by atoms with Gasteiger partial charge in [0.25, 0.3) is 5.56 Å². The molecule has 2 aromatic rings. The van der Waals surface area contributed by atoms with E-state index in [0.717, 1.165) is 53.9 Å². The lowest BCUT2D eigenvalue weighted by atomic mass is 9.89. The third-order valence-corrected chi connectivity index (χ3v) is 7.35. The fourth-order valence-corrected chi connectivity index (χ4v) is 5.86. The molecule has 1 aliphatic carbocycles. The van der Waals surface area contributed by atoms with E-state index in [-0.39, 0.29) is 0 Å². The summed E-state index contributed by atoms with van der Waals surface area (Å²) in [6, 6.07) is 0. The zero-order valence-electron chi connectivity index (χ0n) is 16.3. The number of hydrogen-bond donors (Lipinski definition) is 1. The van der Waals surface area contributed by atoms with Gasteiger partial charge in [0.15, 0.2) is 0 Å². The molecular formula is C20H27N3O4S. The number of thiophene rings is 1. The lowest BCUT2D eigenvalue weighted by molar-refractivity contribution is -0.137. The molecular weight excluding hydrogens is 378 g/mol. The molecule has 0 saturated carbocycles. The summed E-state index contributed by atoms with van der Waals surface area (Å²) in [6.07, 6.45) is 6.43. The molecule has 8 heteroatoms. The van der Waals surface area contributed by atoms with E-state index in [4.69, 9.17) is 0 Å². The van der Waals surface area contributed by atoms with Gasteiger partial charge in [-0.1, -0.05) is 13.3 Å². The average Bonchev–Trinajstić information content (AvgIpc) is 3.04. The van der Waals surface area contributed by atoms with E-state index in [1.807, 2.05) is 0 Å². The van der Waals surface area contributed by atoms with E-state index < -0.39 is 23.8 Å². The maximum absolute atomic E-state index is 13.1. The molecule has 2 aromatic heterocycles. The molecule has 7 nitrogen and oxygen atoms in total. The van der Waals surface area contributed by atoms with E-state index >= 15 is 0 Å². The molecule has 0 amide bonds. The fraction of sp³-hybridized carbons (Fsp3) is 0.650. The molecule has 3 heterocycles. The van der Waals surface area contributed by atoms with Gasteiger partial charge in [0.1, 0.15) is 11.4 Å². The molecule has 28 heavy (non-hydrogen) atoms. The van der Waals surface area contributed by atoms with Crippen LogP contribution in [0.15, 0.2) is 9.59 Å². The van der Waals surface area contributed by atoms with Crippen molar-refractivity contribution in [2.24, 2.45) is 5.92 Å². The molecule has 1 atom stereocenters. The number of carboxylic acids is 1. The lowest BCUT2D eigenvalue weighted by Gasteiger charge is -2.26. The predicted octanol–water partition coefficient (Wildman–Crippen LogP) is 1.92. The monoisotopic (exact) mass is 405 g/mol. The van der Waals surface area contributed by atoms with Crippen LogP contribution in [-0.2, 0) is 30.7 Å². The van der Waals surface area contributed by atoms with Crippen molar-refractivity contribution in [2.75, 3.05) is 19.6 Å². The highest BCUT2D eigenvalue weighted by Gasteiger charge is 2.26. The molecule has 0 spiro atoms. The number of nitrogens with zero attached hydrogens (tertiary/aromatic N) is 3. The first-order valence-corrected chi connectivity index (χ1v) is 11.0. The van der Waals surface area contributed by atoms with E-state index in [2.05, 4.69) is 11.8 Å². The standard InChI is InChI=1S/C20H27N3O4S/c1-13-5-6-15-14(11-13)17-18(26)23(12-16(24)25)20(27)22(19(17)28-15)10-9-21-7-3-2-4-8-21/h13H,2-12H2,1H3,(H,24,25)/t13-/m1/s1. The smallest absolute Gasteiger partial charge is 0.332 e. The number of hydrogen-bond acceptors (Lipinski definition) is 5. The topological polar surface area (TPSA) is 84.5 Å². The molecule has 0 bridgehead atoms.